The number of aryl methyl sites for hydroxylation is 2. The lowest BCUT2D eigenvalue weighted by atomic mass is 9.93. The normalized spacial score (nSPS) is 13.8. The van der Waals surface area contributed by atoms with Gasteiger partial charge in [0, 0.05) is 35.9 Å². The summed E-state index contributed by atoms with van der Waals surface area (Å²) in [6.07, 6.45) is 10.2. The standard InChI is InChI=1S/C28H27F2N3OS.C2H6/c1-17-8-9-19(24-15-31-12-13-32-24)14-20(17)16-33(21-6-4-3-5-7-21)28(34)26-18(2)25-22(29)10-11-23(30)27(25)35-26;1-2/h8-15,21H,3-7,16H2,1-2H3;1-2H3. The SMILES string of the molecule is CC.Cc1ccc(-c2cnccn2)cc1CN(C(=O)c1sc2c(F)ccc(F)c2c1C)C1CCCCC1. The van der Waals surface area contributed by atoms with Crippen molar-refractivity contribution in [2.45, 2.75) is 72.4 Å². The van der Waals surface area contributed by atoms with Crippen molar-refractivity contribution in [2.24, 2.45) is 0 Å². The van der Waals surface area contributed by atoms with Crippen molar-refractivity contribution in [1.29, 1.82) is 0 Å². The van der Waals surface area contributed by atoms with E-state index in [-0.39, 0.29) is 22.0 Å². The Balaban J connectivity index is 0.00000156. The van der Waals surface area contributed by atoms with Gasteiger partial charge < -0.3 is 4.90 Å². The molecule has 1 amide bonds. The summed E-state index contributed by atoms with van der Waals surface area (Å²) in [6, 6.07) is 8.47. The Morgan fingerprint density at radius 1 is 1.03 bits per heavy atom. The van der Waals surface area contributed by atoms with Gasteiger partial charge in [0.2, 0.25) is 0 Å². The highest BCUT2D eigenvalue weighted by molar-refractivity contribution is 7.21. The molecule has 0 saturated heterocycles. The van der Waals surface area contributed by atoms with E-state index in [2.05, 4.69) is 16.0 Å². The van der Waals surface area contributed by atoms with Crippen LogP contribution in [0.25, 0.3) is 21.3 Å². The smallest absolute Gasteiger partial charge is 0.264 e. The number of halogens is 2. The number of carbonyl (C=O) groups excluding carboxylic acids is 1. The molecule has 1 saturated carbocycles. The molecule has 2 heterocycles. The van der Waals surface area contributed by atoms with E-state index < -0.39 is 11.6 Å². The fourth-order valence-electron chi connectivity index (χ4n) is 5.00. The van der Waals surface area contributed by atoms with Crippen molar-refractivity contribution in [3.05, 3.63) is 82.1 Å². The molecule has 37 heavy (non-hydrogen) atoms. The maximum atomic E-state index is 14.6. The van der Waals surface area contributed by atoms with E-state index in [1.807, 2.05) is 37.8 Å². The molecule has 5 rings (SSSR count). The number of rotatable bonds is 5. The summed E-state index contributed by atoms with van der Waals surface area (Å²) in [7, 11) is 0. The summed E-state index contributed by atoms with van der Waals surface area (Å²) < 4.78 is 29.3. The van der Waals surface area contributed by atoms with Crippen LogP contribution in [0.1, 0.15) is 72.3 Å². The molecule has 0 unspecified atom stereocenters. The van der Waals surface area contributed by atoms with Crippen molar-refractivity contribution >= 4 is 27.3 Å². The molecule has 194 valence electrons. The second-order valence-electron chi connectivity index (χ2n) is 9.25. The molecular formula is C30H33F2N3OS. The molecular weight excluding hydrogens is 488 g/mol. The van der Waals surface area contributed by atoms with Crippen LogP contribution in [0.2, 0.25) is 0 Å². The number of hydrogen-bond acceptors (Lipinski definition) is 4. The highest BCUT2D eigenvalue weighted by atomic mass is 32.1. The second-order valence-corrected chi connectivity index (χ2v) is 10.3. The summed E-state index contributed by atoms with van der Waals surface area (Å²) in [4.78, 5) is 24.9. The molecule has 0 atom stereocenters. The van der Waals surface area contributed by atoms with Crippen LogP contribution in [0, 0.1) is 25.5 Å². The third-order valence-corrected chi connectivity index (χ3v) is 8.29. The Kier molecular flexibility index (Phi) is 8.64. The van der Waals surface area contributed by atoms with Crippen LogP contribution in [0.15, 0.2) is 48.9 Å². The zero-order valence-corrected chi connectivity index (χ0v) is 22.7. The molecule has 0 N–H and O–H groups in total. The van der Waals surface area contributed by atoms with Crippen molar-refractivity contribution in [2.75, 3.05) is 0 Å². The quantitative estimate of drug-likeness (QED) is 0.266. The maximum absolute atomic E-state index is 14.6. The van der Waals surface area contributed by atoms with Gasteiger partial charge in [-0.15, -0.1) is 11.3 Å². The Morgan fingerprint density at radius 2 is 1.76 bits per heavy atom. The van der Waals surface area contributed by atoms with Crippen molar-refractivity contribution < 1.29 is 13.6 Å². The van der Waals surface area contributed by atoms with Gasteiger partial charge in [-0.2, -0.15) is 0 Å². The predicted octanol–water partition coefficient (Wildman–Crippen LogP) is 8.25. The molecule has 0 spiro atoms. The topological polar surface area (TPSA) is 46.1 Å². The first-order chi connectivity index (χ1) is 17.9. The first kappa shape index (κ1) is 26.9. The van der Waals surface area contributed by atoms with Crippen LogP contribution in [0.4, 0.5) is 8.78 Å². The van der Waals surface area contributed by atoms with E-state index in [1.165, 1.54) is 0 Å². The fraction of sp³-hybridized carbons (Fsp3) is 0.367. The van der Waals surface area contributed by atoms with Crippen LogP contribution in [0.3, 0.4) is 0 Å². The Labute approximate surface area is 221 Å². The summed E-state index contributed by atoms with van der Waals surface area (Å²) in [6.45, 7) is 8.18. The number of thiophene rings is 1. The number of hydrogen-bond donors (Lipinski definition) is 0. The zero-order chi connectivity index (χ0) is 26.5. The minimum absolute atomic E-state index is 0.0927. The summed E-state index contributed by atoms with van der Waals surface area (Å²) in [5.41, 5.74) is 4.34. The highest BCUT2D eigenvalue weighted by Crippen LogP contribution is 2.37. The predicted molar refractivity (Wildman–Crippen MR) is 147 cm³/mol. The Morgan fingerprint density at radius 3 is 2.43 bits per heavy atom. The lowest BCUT2D eigenvalue weighted by molar-refractivity contribution is 0.0618. The summed E-state index contributed by atoms with van der Waals surface area (Å²) in [5.74, 6) is -1.14. The molecule has 1 fully saturated rings. The van der Waals surface area contributed by atoms with E-state index in [0.29, 0.717) is 17.0 Å². The molecule has 7 heteroatoms. The van der Waals surface area contributed by atoms with Crippen LogP contribution >= 0.6 is 11.3 Å². The van der Waals surface area contributed by atoms with Gasteiger partial charge in [0.1, 0.15) is 11.6 Å². The van der Waals surface area contributed by atoms with Crippen LogP contribution in [-0.2, 0) is 6.54 Å². The minimum atomic E-state index is -0.495. The Bertz CT molecular complexity index is 1380. The van der Waals surface area contributed by atoms with Crippen molar-refractivity contribution in [3.8, 4) is 11.3 Å². The van der Waals surface area contributed by atoms with Crippen LogP contribution in [-0.4, -0.2) is 26.8 Å². The molecule has 1 aliphatic rings. The van der Waals surface area contributed by atoms with E-state index in [4.69, 9.17) is 0 Å². The lowest BCUT2D eigenvalue weighted by Crippen LogP contribution is -2.41. The Hall–Kier alpha value is -3.19. The van der Waals surface area contributed by atoms with Gasteiger partial charge in [-0.3, -0.25) is 14.8 Å². The molecule has 0 aliphatic heterocycles. The average molecular weight is 522 g/mol. The van der Waals surface area contributed by atoms with Gasteiger partial charge in [-0.05, 0) is 61.6 Å². The third kappa shape index (κ3) is 5.57. The average Bonchev–Trinajstić information content (AvgIpc) is 3.30. The van der Waals surface area contributed by atoms with Gasteiger partial charge in [0.05, 0.1) is 21.5 Å². The molecule has 2 aromatic carbocycles. The fourth-order valence-corrected chi connectivity index (χ4v) is 6.18. The van der Waals surface area contributed by atoms with E-state index in [9.17, 15) is 13.6 Å². The molecule has 0 bridgehead atoms. The lowest BCUT2D eigenvalue weighted by Gasteiger charge is -2.35. The molecule has 4 nitrogen and oxygen atoms in total. The first-order valence-corrected chi connectivity index (χ1v) is 13.8. The van der Waals surface area contributed by atoms with E-state index >= 15 is 0 Å². The zero-order valence-electron chi connectivity index (χ0n) is 21.9. The summed E-state index contributed by atoms with van der Waals surface area (Å²) >= 11 is 1.06. The number of carbonyl (C=O) groups is 1. The number of nitrogens with zero attached hydrogens (tertiary/aromatic N) is 3. The van der Waals surface area contributed by atoms with Gasteiger partial charge >= 0.3 is 0 Å². The van der Waals surface area contributed by atoms with Crippen molar-refractivity contribution in [1.82, 2.24) is 14.9 Å². The van der Waals surface area contributed by atoms with Crippen molar-refractivity contribution in [3.63, 3.8) is 0 Å². The van der Waals surface area contributed by atoms with E-state index in [1.54, 1.807) is 25.5 Å². The molecule has 0 radical (unpaired) electrons. The number of amides is 1. The monoisotopic (exact) mass is 521 g/mol. The number of fused-ring (bicyclic) bond motifs is 1. The van der Waals surface area contributed by atoms with Gasteiger partial charge in [0.15, 0.2) is 0 Å². The van der Waals surface area contributed by atoms with Gasteiger partial charge in [-0.1, -0.05) is 45.2 Å². The van der Waals surface area contributed by atoms with Gasteiger partial charge in [-0.25, -0.2) is 8.78 Å². The first-order valence-electron chi connectivity index (χ1n) is 13.0. The molecule has 4 aromatic rings. The second kappa shape index (κ2) is 11.9. The molecule has 1 aliphatic carbocycles. The minimum Gasteiger partial charge on any atom is -0.331 e. The molecule has 2 aromatic heterocycles. The van der Waals surface area contributed by atoms with Gasteiger partial charge in [0.25, 0.3) is 5.91 Å². The number of benzene rings is 2. The van der Waals surface area contributed by atoms with Crippen LogP contribution < -0.4 is 0 Å². The third-order valence-electron chi connectivity index (χ3n) is 7.00. The number of aromatic nitrogens is 2. The van der Waals surface area contributed by atoms with Crippen LogP contribution in [0.5, 0.6) is 0 Å². The van der Waals surface area contributed by atoms with E-state index in [0.717, 1.165) is 78.0 Å². The summed E-state index contributed by atoms with van der Waals surface area (Å²) in [5, 5.41) is 0.211. The maximum Gasteiger partial charge on any atom is 0.264 e. The largest absolute Gasteiger partial charge is 0.331 e. The highest BCUT2D eigenvalue weighted by Gasteiger charge is 2.30.